The van der Waals surface area contributed by atoms with Crippen LogP contribution in [0.15, 0.2) is 24.3 Å². The Labute approximate surface area is 63.3 Å². The van der Waals surface area contributed by atoms with Crippen LogP contribution in [0.25, 0.3) is 0 Å². The topological polar surface area (TPSA) is 18.5 Å². The number of para-hydroxylation sites is 1. The standard InChI is InChI=1S/C7H6O2S/c1-2-4-7-6(3-1)5-10-9-8-7/h1-4H,5H2. The Hall–Kier alpha value is -0.670. The van der Waals surface area contributed by atoms with Crippen molar-refractivity contribution < 1.29 is 9.22 Å². The first-order valence-electron chi connectivity index (χ1n) is 3.01. The van der Waals surface area contributed by atoms with E-state index in [-0.39, 0.29) is 0 Å². The van der Waals surface area contributed by atoms with Gasteiger partial charge in [0.25, 0.3) is 0 Å². The van der Waals surface area contributed by atoms with Crippen molar-refractivity contribution in [3.05, 3.63) is 29.8 Å². The molecule has 0 fully saturated rings. The molecule has 0 amide bonds. The van der Waals surface area contributed by atoms with Gasteiger partial charge in [-0.25, -0.2) is 0 Å². The second kappa shape index (κ2) is 2.52. The molecule has 1 aromatic carbocycles. The van der Waals surface area contributed by atoms with Gasteiger partial charge in [-0.15, -0.1) is 4.33 Å². The Kier molecular flexibility index (Phi) is 1.53. The van der Waals surface area contributed by atoms with Crippen molar-refractivity contribution in [2.75, 3.05) is 0 Å². The van der Waals surface area contributed by atoms with Crippen LogP contribution in [0.2, 0.25) is 0 Å². The minimum Gasteiger partial charge on any atom is -0.325 e. The van der Waals surface area contributed by atoms with Crippen molar-refractivity contribution in [1.29, 1.82) is 0 Å². The van der Waals surface area contributed by atoms with Gasteiger partial charge >= 0.3 is 0 Å². The highest BCUT2D eigenvalue weighted by Gasteiger charge is 2.09. The molecule has 52 valence electrons. The molecule has 2 nitrogen and oxygen atoms in total. The number of hydrogen-bond donors (Lipinski definition) is 0. The van der Waals surface area contributed by atoms with E-state index < -0.39 is 0 Å². The van der Waals surface area contributed by atoms with Crippen molar-refractivity contribution >= 4 is 12.0 Å². The first-order chi connectivity index (χ1) is 4.97. The second-order valence-corrected chi connectivity index (χ2v) is 2.68. The molecule has 3 heteroatoms. The van der Waals surface area contributed by atoms with E-state index in [9.17, 15) is 0 Å². The van der Waals surface area contributed by atoms with Crippen molar-refractivity contribution in [1.82, 2.24) is 0 Å². The van der Waals surface area contributed by atoms with Crippen LogP contribution in [0, 0.1) is 0 Å². The molecule has 0 radical (unpaired) electrons. The lowest BCUT2D eigenvalue weighted by Gasteiger charge is -2.12. The maximum absolute atomic E-state index is 4.89. The zero-order valence-corrected chi connectivity index (χ0v) is 6.06. The normalized spacial score (nSPS) is 15.6. The number of benzene rings is 1. The number of rotatable bonds is 0. The number of hydrogen-bond acceptors (Lipinski definition) is 3. The van der Waals surface area contributed by atoms with Crippen LogP contribution in [0.4, 0.5) is 0 Å². The Morgan fingerprint density at radius 3 is 3.10 bits per heavy atom. The first kappa shape index (κ1) is 6.07. The van der Waals surface area contributed by atoms with Crippen LogP contribution in [0.1, 0.15) is 5.56 Å². The molecule has 0 unspecified atom stereocenters. The van der Waals surface area contributed by atoms with Gasteiger partial charge in [-0.3, -0.25) is 0 Å². The van der Waals surface area contributed by atoms with Gasteiger partial charge in [0.1, 0.15) is 0 Å². The highest BCUT2D eigenvalue weighted by Crippen LogP contribution is 2.29. The van der Waals surface area contributed by atoms with Crippen molar-refractivity contribution in [2.24, 2.45) is 0 Å². The molecule has 0 saturated carbocycles. The minimum absolute atomic E-state index is 0.834. The van der Waals surface area contributed by atoms with E-state index in [0.29, 0.717) is 0 Å². The Bertz CT molecular complexity index is 212. The maximum atomic E-state index is 4.89. The molecule has 1 heterocycles. The molecular formula is C7H6O2S. The molecule has 0 spiro atoms. The first-order valence-corrected chi connectivity index (χ1v) is 3.92. The largest absolute Gasteiger partial charge is 0.325 e. The molecule has 0 bridgehead atoms. The van der Waals surface area contributed by atoms with Crippen LogP contribution >= 0.6 is 12.0 Å². The van der Waals surface area contributed by atoms with Crippen LogP contribution in [-0.4, -0.2) is 0 Å². The summed E-state index contributed by atoms with van der Waals surface area (Å²) >= 11 is 1.32. The van der Waals surface area contributed by atoms with E-state index in [1.54, 1.807) is 0 Å². The molecule has 0 atom stereocenters. The quantitative estimate of drug-likeness (QED) is 0.421. The van der Waals surface area contributed by atoms with Crippen molar-refractivity contribution in [2.45, 2.75) is 5.75 Å². The lowest BCUT2D eigenvalue weighted by atomic mass is 10.2. The Morgan fingerprint density at radius 1 is 1.30 bits per heavy atom. The Balaban J connectivity index is 2.41. The third-order valence-corrected chi connectivity index (χ3v) is 1.95. The summed E-state index contributed by atoms with van der Waals surface area (Å²) < 4.78 is 4.71. The van der Waals surface area contributed by atoms with E-state index in [0.717, 1.165) is 11.5 Å². The van der Waals surface area contributed by atoms with Crippen LogP contribution in [-0.2, 0) is 10.1 Å². The summed E-state index contributed by atoms with van der Waals surface area (Å²) in [5.41, 5.74) is 1.19. The van der Waals surface area contributed by atoms with Crippen LogP contribution in [0.3, 0.4) is 0 Å². The van der Waals surface area contributed by atoms with E-state index in [4.69, 9.17) is 9.22 Å². The molecule has 0 aliphatic carbocycles. The SMILES string of the molecule is c1ccc2c(c1)CSOO2. The van der Waals surface area contributed by atoms with Gasteiger partial charge in [0.15, 0.2) is 5.75 Å². The lowest BCUT2D eigenvalue weighted by Crippen LogP contribution is -1.99. The fourth-order valence-electron chi connectivity index (χ4n) is 0.853. The third-order valence-electron chi connectivity index (χ3n) is 1.36. The highest BCUT2D eigenvalue weighted by atomic mass is 32.2. The van der Waals surface area contributed by atoms with Crippen LogP contribution < -0.4 is 4.89 Å². The lowest BCUT2D eigenvalue weighted by molar-refractivity contribution is -0.0824. The maximum Gasteiger partial charge on any atom is 0.170 e. The summed E-state index contributed by atoms with van der Waals surface area (Å²) in [6.45, 7) is 0. The molecule has 2 rings (SSSR count). The molecule has 0 aromatic heterocycles. The summed E-state index contributed by atoms with van der Waals surface area (Å²) in [5.74, 6) is 1.71. The van der Waals surface area contributed by atoms with Crippen LogP contribution in [0.5, 0.6) is 5.75 Å². The third kappa shape index (κ3) is 0.978. The van der Waals surface area contributed by atoms with E-state index in [1.165, 1.54) is 17.6 Å². The van der Waals surface area contributed by atoms with Gasteiger partial charge in [0.05, 0.1) is 5.75 Å². The summed E-state index contributed by atoms with van der Waals surface area (Å²) in [7, 11) is 0. The molecule has 10 heavy (non-hydrogen) atoms. The predicted molar refractivity (Wildman–Crippen MR) is 39.5 cm³/mol. The van der Waals surface area contributed by atoms with Gasteiger partial charge in [0, 0.05) is 17.6 Å². The monoisotopic (exact) mass is 154 g/mol. The fourth-order valence-corrected chi connectivity index (χ4v) is 1.39. The molecule has 1 aliphatic heterocycles. The predicted octanol–water partition coefficient (Wildman–Crippen LogP) is 2.16. The van der Waals surface area contributed by atoms with Gasteiger partial charge in [-0.2, -0.15) is 0 Å². The van der Waals surface area contributed by atoms with Crippen molar-refractivity contribution in [3.63, 3.8) is 0 Å². The molecule has 1 aliphatic rings. The summed E-state index contributed by atoms with van der Waals surface area (Å²) in [6, 6.07) is 7.85. The summed E-state index contributed by atoms with van der Waals surface area (Å²) in [4.78, 5) is 4.89. The second-order valence-electron chi connectivity index (χ2n) is 2.02. The van der Waals surface area contributed by atoms with E-state index in [2.05, 4.69) is 0 Å². The smallest absolute Gasteiger partial charge is 0.170 e. The fraction of sp³-hybridized carbons (Fsp3) is 0.143. The van der Waals surface area contributed by atoms with E-state index >= 15 is 0 Å². The molecule has 1 aromatic rings. The van der Waals surface area contributed by atoms with Crippen molar-refractivity contribution in [3.8, 4) is 5.75 Å². The molecule has 0 saturated heterocycles. The number of fused-ring (bicyclic) bond motifs is 1. The Morgan fingerprint density at radius 2 is 2.20 bits per heavy atom. The van der Waals surface area contributed by atoms with E-state index in [1.807, 2.05) is 24.3 Å². The summed E-state index contributed by atoms with van der Waals surface area (Å²) in [5, 5.41) is 0. The average Bonchev–Trinajstić information content (AvgIpc) is 2.05. The minimum atomic E-state index is 0.834. The van der Waals surface area contributed by atoms with Gasteiger partial charge < -0.3 is 4.89 Å². The zero-order valence-electron chi connectivity index (χ0n) is 5.24. The molecule has 0 N–H and O–H groups in total. The average molecular weight is 154 g/mol. The zero-order chi connectivity index (χ0) is 6.81. The van der Waals surface area contributed by atoms with Gasteiger partial charge in [0.2, 0.25) is 0 Å². The summed E-state index contributed by atoms with van der Waals surface area (Å²) in [6.07, 6.45) is 0. The van der Waals surface area contributed by atoms with Gasteiger partial charge in [-0.1, -0.05) is 18.2 Å². The molecular weight excluding hydrogens is 148 g/mol. The highest BCUT2D eigenvalue weighted by molar-refractivity contribution is 7.93. The van der Waals surface area contributed by atoms with Gasteiger partial charge in [-0.05, 0) is 6.07 Å².